The summed E-state index contributed by atoms with van der Waals surface area (Å²) in [5.41, 5.74) is 1.02. The van der Waals surface area contributed by atoms with E-state index in [-0.39, 0.29) is 30.0 Å². The maximum Gasteiger partial charge on any atom is 0.319 e. The summed E-state index contributed by atoms with van der Waals surface area (Å²) in [7, 11) is 5.81. The minimum atomic E-state index is -0.299. The van der Waals surface area contributed by atoms with Crippen LogP contribution in [0.15, 0.2) is 18.2 Å². The highest BCUT2D eigenvalue weighted by molar-refractivity contribution is 5.99. The molecular formula is C19H30N4O3. The van der Waals surface area contributed by atoms with Crippen LogP contribution in [-0.4, -0.2) is 68.1 Å². The fraction of sp³-hybridized carbons (Fsp3) is 0.579. The molecule has 0 bridgehead atoms. The van der Waals surface area contributed by atoms with Crippen molar-refractivity contribution in [2.75, 3.05) is 39.5 Å². The van der Waals surface area contributed by atoms with Gasteiger partial charge in [-0.2, -0.15) is 0 Å². The van der Waals surface area contributed by atoms with Gasteiger partial charge in [-0.25, -0.2) is 4.79 Å². The Labute approximate surface area is 155 Å². The number of likely N-dealkylation sites (N-methyl/N-ethyl adjacent to an activating group) is 1. The molecule has 7 nitrogen and oxygen atoms in total. The zero-order valence-electron chi connectivity index (χ0n) is 16.5. The Balaban J connectivity index is 2.30. The summed E-state index contributed by atoms with van der Waals surface area (Å²) in [5, 5.41) is 5.53. The molecule has 1 heterocycles. The number of benzene rings is 1. The first-order chi connectivity index (χ1) is 12.2. The fourth-order valence-corrected chi connectivity index (χ4v) is 3.00. The average molecular weight is 362 g/mol. The Morgan fingerprint density at radius 2 is 2.08 bits per heavy atom. The number of urea groups is 1. The molecule has 7 heteroatoms. The molecule has 0 fully saturated rings. The van der Waals surface area contributed by atoms with Gasteiger partial charge in [0.05, 0.1) is 5.56 Å². The van der Waals surface area contributed by atoms with E-state index in [1.165, 1.54) is 0 Å². The highest BCUT2D eigenvalue weighted by atomic mass is 16.5. The molecule has 0 saturated carbocycles. The number of nitrogens with one attached hydrogen (secondary N) is 2. The Kier molecular flexibility index (Phi) is 6.47. The van der Waals surface area contributed by atoms with Crippen molar-refractivity contribution in [1.82, 2.24) is 15.1 Å². The zero-order valence-corrected chi connectivity index (χ0v) is 16.5. The van der Waals surface area contributed by atoms with Crippen LogP contribution in [0, 0.1) is 5.92 Å². The molecule has 3 amide bonds. The highest BCUT2D eigenvalue weighted by Gasteiger charge is 2.29. The minimum Gasteiger partial charge on any atom is -0.488 e. The number of hydrogen-bond donors (Lipinski definition) is 2. The summed E-state index contributed by atoms with van der Waals surface area (Å²) in [6.07, 6.45) is -0.0256. The molecule has 0 radical (unpaired) electrons. The molecule has 0 unspecified atom stereocenters. The fourth-order valence-electron chi connectivity index (χ4n) is 3.00. The SMILES string of the molecule is CC(C)NC(=O)Nc1ccc2c(c1)C(=O)N(C)C[C@@H](C)[C@H](CN(C)C)O2. The first-order valence-electron chi connectivity index (χ1n) is 8.95. The van der Waals surface area contributed by atoms with Crippen molar-refractivity contribution in [2.45, 2.75) is 32.9 Å². The lowest BCUT2D eigenvalue weighted by molar-refractivity contribution is 0.0576. The largest absolute Gasteiger partial charge is 0.488 e. The second-order valence-corrected chi connectivity index (χ2v) is 7.55. The first kappa shape index (κ1) is 20.0. The van der Waals surface area contributed by atoms with E-state index in [9.17, 15) is 9.59 Å². The van der Waals surface area contributed by atoms with E-state index in [4.69, 9.17) is 4.74 Å². The smallest absolute Gasteiger partial charge is 0.319 e. The predicted molar refractivity (Wildman–Crippen MR) is 103 cm³/mol. The monoisotopic (exact) mass is 362 g/mol. The Morgan fingerprint density at radius 3 is 2.69 bits per heavy atom. The average Bonchev–Trinajstić information content (AvgIpc) is 2.52. The third kappa shape index (κ3) is 5.11. The number of nitrogens with zero attached hydrogens (tertiary/aromatic N) is 2. The van der Waals surface area contributed by atoms with Crippen molar-refractivity contribution in [1.29, 1.82) is 0 Å². The summed E-state index contributed by atoms with van der Waals surface area (Å²) in [5.74, 6) is 0.646. The van der Waals surface area contributed by atoms with Gasteiger partial charge in [-0.1, -0.05) is 6.92 Å². The third-order valence-electron chi connectivity index (χ3n) is 4.25. The molecule has 0 aromatic heterocycles. The van der Waals surface area contributed by atoms with Crippen molar-refractivity contribution < 1.29 is 14.3 Å². The van der Waals surface area contributed by atoms with Crippen LogP contribution >= 0.6 is 0 Å². The Morgan fingerprint density at radius 1 is 1.38 bits per heavy atom. The summed E-state index contributed by atoms with van der Waals surface area (Å²) in [6.45, 7) is 7.24. The minimum absolute atomic E-state index is 0.0256. The summed E-state index contributed by atoms with van der Waals surface area (Å²) >= 11 is 0. The first-order valence-corrected chi connectivity index (χ1v) is 8.95. The maximum absolute atomic E-state index is 12.8. The lowest BCUT2D eigenvalue weighted by Gasteiger charge is -2.34. The van der Waals surface area contributed by atoms with Crippen LogP contribution < -0.4 is 15.4 Å². The number of ether oxygens (including phenoxy) is 1. The normalized spacial score (nSPS) is 20.3. The van der Waals surface area contributed by atoms with Gasteiger partial charge in [0.1, 0.15) is 11.9 Å². The lowest BCUT2D eigenvalue weighted by atomic mass is 10.0. The van der Waals surface area contributed by atoms with Gasteiger partial charge in [0.25, 0.3) is 5.91 Å². The molecule has 0 saturated heterocycles. The Bertz CT molecular complexity index is 660. The molecule has 144 valence electrons. The summed E-state index contributed by atoms with van der Waals surface area (Å²) < 4.78 is 6.19. The predicted octanol–water partition coefficient (Wildman–Crippen LogP) is 2.25. The molecule has 2 rings (SSSR count). The molecular weight excluding hydrogens is 332 g/mol. The number of anilines is 1. The molecule has 1 aromatic carbocycles. The molecule has 0 spiro atoms. The van der Waals surface area contributed by atoms with Crippen LogP contribution in [-0.2, 0) is 0 Å². The van der Waals surface area contributed by atoms with E-state index < -0.39 is 0 Å². The molecule has 0 aliphatic carbocycles. The van der Waals surface area contributed by atoms with Crippen molar-refractivity contribution in [3.8, 4) is 5.75 Å². The van der Waals surface area contributed by atoms with Gasteiger partial charge >= 0.3 is 6.03 Å². The van der Waals surface area contributed by atoms with E-state index in [1.54, 1.807) is 30.1 Å². The van der Waals surface area contributed by atoms with Crippen molar-refractivity contribution >= 4 is 17.6 Å². The number of carbonyl (C=O) groups excluding carboxylic acids is 2. The summed E-state index contributed by atoms with van der Waals surface area (Å²) in [6, 6.07) is 4.92. The van der Waals surface area contributed by atoms with E-state index in [1.807, 2.05) is 27.9 Å². The molecule has 1 aliphatic rings. The second-order valence-electron chi connectivity index (χ2n) is 7.55. The van der Waals surface area contributed by atoms with Crippen LogP contribution in [0.2, 0.25) is 0 Å². The summed E-state index contributed by atoms with van der Waals surface area (Å²) in [4.78, 5) is 28.5. The van der Waals surface area contributed by atoms with Gasteiger partial charge in [0.15, 0.2) is 0 Å². The third-order valence-corrected chi connectivity index (χ3v) is 4.25. The van der Waals surface area contributed by atoms with Crippen molar-refractivity contribution in [3.63, 3.8) is 0 Å². The van der Waals surface area contributed by atoms with Crippen molar-refractivity contribution in [3.05, 3.63) is 23.8 Å². The number of hydrogen-bond acceptors (Lipinski definition) is 4. The van der Waals surface area contributed by atoms with E-state index in [0.717, 1.165) is 6.54 Å². The van der Waals surface area contributed by atoms with E-state index in [2.05, 4.69) is 22.5 Å². The van der Waals surface area contributed by atoms with Crippen molar-refractivity contribution in [2.24, 2.45) is 5.92 Å². The number of fused-ring (bicyclic) bond motifs is 1. The van der Waals surface area contributed by atoms with Gasteiger partial charge in [-0.15, -0.1) is 0 Å². The quantitative estimate of drug-likeness (QED) is 0.862. The number of amides is 3. The van der Waals surface area contributed by atoms with Gasteiger partial charge < -0.3 is 25.2 Å². The molecule has 2 atom stereocenters. The number of rotatable bonds is 4. The Hall–Kier alpha value is -2.28. The molecule has 1 aromatic rings. The molecule has 26 heavy (non-hydrogen) atoms. The lowest BCUT2D eigenvalue weighted by Crippen LogP contribution is -2.44. The van der Waals surface area contributed by atoms with Crippen LogP contribution in [0.4, 0.5) is 10.5 Å². The van der Waals surface area contributed by atoms with E-state index in [0.29, 0.717) is 23.5 Å². The van der Waals surface area contributed by atoms with Crippen LogP contribution in [0.1, 0.15) is 31.1 Å². The van der Waals surface area contributed by atoms with Gasteiger partial charge in [0, 0.05) is 37.8 Å². The van der Waals surface area contributed by atoms with Crippen LogP contribution in [0.3, 0.4) is 0 Å². The van der Waals surface area contributed by atoms with Crippen LogP contribution in [0.25, 0.3) is 0 Å². The highest BCUT2D eigenvalue weighted by Crippen LogP contribution is 2.29. The van der Waals surface area contributed by atoms with E-state index >= 15 is 0 Å². The molecule has 1 aliphatic heterocycles. The van der Waals surface area contributed by atoms with Gasteiger partial charge in [-0.05, 0) is 46.1 Å². The standard InChI is InChI=1S/C19H30N4O3/c1-12(2)20-19(25)21-14-7-8-16-15(9-14)18(24)23(6)10-13(3)17(26-16)11-22(4)5/h7-9,12-13,17H,10-11H2,1-6H3,(H2,20,21,25)/t13-,17+/m1/s1. The van der Waals surface area contributed by atoms with Gasteiger partial charge in [0.2, 0.25) is 0 Å². The molecule has 2 N–H and O–H groups in total. The topological polar surface area (TPSA) is 73.9 Å². The van der Waals surface area contributed by atoms with Gasteiger partial charge in [-0.3, -0.25) is 4.79 Å². The number of carbonyl (C=O) groups is 2. The van der Waals surface area contributed by atoms with Crippen LogP contribution in [0.5, 0.6) is 5.75 Å². The zero-order chi connectivity index (χ0) is 19.4. The second kappa shape index (κ2) is 8.40. The maximum atomic E-state index is 12.8.